The van der Waals surface area contributed by atoms with Crippen LogP contribution in [-0.4, -0.2) is 30.4 Å². The van der Waals surface area contributed by atoms with Gasteiger partial charge >= 0.3 is 0 Å². The highest BCUT2D eigenvalue weighted by Gasteiger charge is 2.16. The lowest BCUT2D eigenvalue weighted by atomic mass is 10.1. The Bertz CT molecular complexity index is 1050. The van der Waals surface area contributed by atoms with E-state index in [1.54, 1.807) is 12.1 Å². The summed E-state index contributed by atoms with van der Waals surface area (Å²) < 4.78 is 23.1. The maximum atomic E-state index is 12.5. The van der Waals surface area contributed by atoms with Crippen molar-refractivity contribution in [3.63, 3.8) is 0 Å². The molecular weight excluding hydrogens is 350 g/mol. The Kier molecular flexibility index (Phi) is 4.81. The SMILES string of the molecule is CS(=O)(=O)c1ccc(-c2cnc(N)c(C(=O)Cc3ccccc3)n2)cc1. The Morgan fingerprint density at radius 2 is 1.69 bits per heavy atom. The van der Waals surface area contributed by atoms with E-state index in [9.17, 15) is 13.2 Å². The van der Waals surface area contributed by atoms with Crippen molar-refractivity contribution in [1.29, 1.82) is 0 Å². The topological polar surface area (TPSA) is 103 Å². The highest BCUT2D eigenvalue weighted by atomic mass is 32.2. The molecule has 0 spiro atoms. The van der Waals surface area contributed by atoms with E-state index >= 15 is 0 Å². The number of nitrogens with zero attached hydrogens (tertiary/aromatic N) is 2. The number of nitrogens with two attached hydrogens (primary N) is 1. The van der Waals surface area contributed by atoms with E-state index < -0.39 is 9.84 Å². The molecule has 3 aromatic rings. The first-order valence-corrected chi connectivity index (χ1v) is 9.74. The summed E-state index contributed by atoms with van der Waals surface area (Å²) in [5.74, 6) is -0.154. The smallest absolute Gasteiger partial charge is 0.189 e. The largest absolute Gasteiger partial charge is 0.382 e. The van der Waals surface area contributed by atoms with Crippen molar-refractivity contribution in [3.8, 4) is 11.3 Å². The minimum absolute atomic E-state index is 0.0717. The first-order chi connectivity index (χ1) is 12.3. The molecule has 0 aliphatic heterocycles. The normalized spacial score (nSPS) is 11.3. The second kappa shape index (κ2) is 7.05. The number of sulfone groups is 1. The lowest BCUT2D eigenvalue weighted by molar-refractivity contribution is 0.0989. The van der Waals surface area contributed by atoms with Gasteiger partial charge in [-0.15, -0.1) is 0 Å². The fourth-order valence-electron chi connectivity index (χ4n) is 2.48. The molecule has 0 unspecified atom stereocenters. The number of nitrogen functional groups attached to an aromatic ring is 1. The summed E-state index contributed by atoms with van der Waals surface area (Å²) in [6.07, 6.45) is 2.78. The number of Topliss-reactive ketones (excluding diaryl/α,β-unsaturated/α-hetero) is 1. The molecule has 0 fully saturated rings. The van der Waals surface area contributed by atoms with Crippen molar-refractivity contribution >= 4 is 21.4 Å². The minimum atomic E-state index is -3.27. The van der Waals surface area contributed by atoms with Gasteiger partial charge in [-0.2, -0.15) is 0 Å². The molecule has 0 radical (unpaired) electrons. The molecular formula is C19H17N3O3S. The molecule has 2 aromatic carbocycles. The number of aromatic nitrogens is 2. The van der Waals surface area contributed by atoms with E-state index in [4.69, 9.17) is 5.73 Å². The number of ketones is 1. The molecule has 0 aliphatic rings. The first-order valence-electron chi connectivity index (χ1n) is 7.85. The van der Waals surface area contributed by atoms with Gasteiger partial charge in [-0.25, -0.2) is 18.4 Å². The summed E-state index contributed by atoms with van der Waals surface area (Å²) >= 11 is 0. The van der Waals surface area contributed by atoms with Crippen LogP contribution in [0.15, 0.2) is 65.7 Å². The molecule has 1 heterocycles. The number of rotatable bonds is 5. The van der Waals surface area contributed by atoms with Gasteiger partial charge in [0.25, 0.3) is 0 Å². The second-order valence-corrected chi connectivity index (χ2v) is 7.89. The quantitative estimate of drug-likeness (QED) is 0.695. The van der Waals surface area contributed by atoms with Gasteiger partial charge < -0.3 is 5.73 Å². The first kappa shape index (κ1) is 17.8. The second-order valence-electron chi connectivity index (χ2n) is 5.87. The average Bonchev–Trinajstić information content (AvgIpc) is 2.62. The van der Waals surface area contributed by atoms with Crippen LogP contribution in [0.2, 0.25) is 0 Å². The van der Waals surface area contributed by atoms with Gasteiger partial charge in [-0.05, 0) is 17.7 Å². The maximum absolute atomic E-state index is 12.5. The van der Waals surface area contributed by atoms with Gasteiger partial charge in [0.1, 0.15) is 5.69 Å². The Balaban J connectivity index is 1.91. The number of hydrogen-bond donors (Lipinski definition) is 1. The predicted molar refractivity (Wildman–Crippen MR) is 99.5 cm³/mol. The average molecular weight is 367 g/mol. The molecule has 0 atom stereocenters. The van der Waals surface area contributed by atoms with Gasteiger partial charge in [0.2, 0.25) is 0 Å². The number of carbonyl (C=O) groups excluding carboxylic acids is 1. The zero-order valence-corrected chi connectivity index (χ0v) is 14.9. The molecule has 2 N–H and O–H groups in total. The number of benzene rings is 2. The molecule has 1 aromatic heterocycles. The van der Waals surface area contributed by atoms with Gasteiger partial charge in [-0.1, -0.05) is 42.5 Å². The molecule has 0 bridgehead atoms. The van der Waals surface area contributed by atoms with E-state index in [0.29, 0.717) is 11.3 Å². The van der Waals surface area contributed by atoms with E-state index in [1.807, 2.05) is 30.3 Å². The lowest BCUT2D eigenvalue weighted by Crippen LogP contribution is -2.11. The summed E-state index contributed by atoms with van der Waals surface area (Å²) in [7, 11) is -3.27. The zero-order valence-electron chi connectivity index (χ0n) is 14.1. The summed E-state index contributed by atoms with van der Waals surface area (Å²) in [5.41, 5.74) is 7.91. The summed E-state index contributed by atoms with van der Waals surface area (Å²) in [6, 6.07) is 15.6. The Morgan fingerprint density at radius 1 is 1.04 bits per heavy atom. The van der Waals surface area contributed by atoms with Crippen LogP contribution in [0, 0.1) is 0 Å². The fraction of sp³-hybridized carbons (Fsp3) is 0.105. The van der Waals surface area contributed by atoms with Crippen LogP contribution in [0.1, 0.15) is 16.1 Å². The molecule has 26 heavy (non-hydrogen) atoms. The summed E-state index contributed by atoms with van der Waals surface area (Å²) in [4.78, 5) is 21.2. The van der Waals surface area contributed by atoms with E-state index in [-0.39, 0.29) is 28.6 Å². The minimum Gasteiger partial charge on any atom is -0.382 e. The van der Waals surface area contributed by atoms with Crippen LogP contribution in [0.25, 0.3) is 11.3 Å². The van der Waals surface area contributed by atoms with Gasteiger partial charge in [0.15, 0.2) is 21.4 Å². The van der Waals surface area contributed by atoms with Crippen LogP contribution in [-0.2, 0) is 16.3 Å². The molecule has 6 nitrogen and oxygen atoms in total. The van der Waals surface area contributed by atoms with Crippen LogP contribution in [0.3, 0.4) is 0 Å². The van der Waals surface area contributed by atoms with Crippen molar-refractivity contribution in [2.24, 2.45) is 0 Å². The lowest BCUT2D eigenvalue weighted by Gasteiger charge is -2.07. The van der Waals surface area contributed by atoms with Crippen molar-refractivity contribution in [3.05, 3.63) is 72.1 Å². The number of carbonyl (C=O) groups is 1. The number of anilines is 1. The maximum Gasteiger partial charge on any atom is 0.189 e. The molecule has 0 aliphatic carbocycles. The Labute approximate surface area is 151 Å². The highest BCUT2D eigenvalue weighted by molar-refractivity contribution is 7.90. The van der Waals surface area contributed by atoms with Gasteiger partial charge in [-0.3, -0.25) is 4.79 Å². The summed E-state index contributed by atoms with van der Waals surface area (Å²) in [5, 5.41) is 0. The van der Waals surface area contributed by atoms with Crippen LogP contribution in [0.5, 0.6) is 0 Å². The third-order valence-corrected chi connectivity index (χ3v) is 4.98. The molecule has 0 amide bonds. The molecule has 0 saturated heterocycles. The van der Waals surface area contributed by atoms with E-state index in [1.165, 1.54) is 18.3 Å². The van der Waals surface area contributed by atoms with Crippen molar-refractivity contribution in [2.75, 3.05) is 12.0 Å². The van der Waals surface area contributed by atoms with Crippen molar-refractivity contribution in [1.82, 2.24) is 9.97 Å². The predicted octanol–water partition coefficient (Wildman–Crippen LogP) is 2.55. The van der Waals surface area contributed by atoms with E-state index in [2.05, 4.69) is 9.97 Å². The molecule has 0 saturated carbocycles. The van der Waals surface area contributed by atoms with Crippen LogP contribution in [0.4, 0.5) is 5.82 Å². The van der Waals surface area contributed by atoms with Gasteiger partial charge in [0.05, 0.1) is 16.8 Å². The third-order valence-electron chi connectivity index (χ3n) is 3.85. The zero-order chi connectivity index (χ0) is 18.7. The van der Waals surface area contributed by atoms with E-state index in [0.717, 1.165) is 11.8 Å². The molecule has 3 rings (SSSR count). The van der Waals surface area contributed by atoms with Crippen molar-refractivity contribution < 1.29 is 13.2 Å². The standard InChI is InChI=1S/C19H17N3O3S/c1-26(24,25)15-9-7-14(8-10-15)16-12-21-19(20)18(22-16)17(23)11-13-5-3-2-4-6-13/h2-10,12H,11H2,1H3,(H2,20,21). The molecule has 7 heteroatoms. The number of hydrogen-bond acceptors (Lipinski definition) is 6. The van der Waals surface area contributed by atoms with Crippen LogP contribution >= 0.6 is 0 Å². The fourth-order valence-corrected chi connectivity index (χ4v) is 3.11. The highest BCUT2D eigenvalue weighted by Crippen LogP contribution is 2.21. The molecule has 132 valence electrons. The third kappa shape index (κ3) is 3.94. The van der Waals surface area contributed by atoms with Gasteiger partial charge in [0, 0.05) is 18.2 Å². The Morgan fingerprint density at radius 3 is 2.31 bits per heavy atom. The Hall–Kier alpha value is -3.06. The van der Waals surface area contributed by atoms with Crippen molar-refractivity contribution in [2.45, 2.75) is 11.3 Å². The van der Waals surface area contributed by atoms with Crippen LogP contribution < -0.4 is 5.73 Å². The monoisotopic (exact) mass is 367 g/mol. The summed E-state index contributed by atoms with van der Waals surface area (Å²) in [6.45, 7) is 0.